The summed E-state index contributed by atoms with van der Waals surface area (Å²) < 4.78 is 3.14. The lowest BCUT2D eigenvalue weighted by Gasteiger charge is -2.01. The molecule has 2 nitrogen and oxygen atoms in total. The van der Waals surface area contributed by atoms with Crippen molar-refractivity contribution in [1.82, 2.24) is 9.38 Å². The first kappa shape index (κ1) is 12.4. The van der Waals surface area contributed by atoms with E-state index in [9.17, 15) is 0 Å². The molecule has 0 atom stereocenters. The van der Waals surface area contributed by atoms with Crippen LogP contribution < -0.4 is 0 Å². The van der Waals surface area contributed by atoms with E-state index >= 15 is 0 Å². The van der Waals surface area contributed by atoms with Gasteiger partial charge in [0.15, 0.2) is 0 Å². The maximum atomic E-state index is 4.74. The summed E-state index contributed by atoms with van der Waals surface area (Å²) in [4.78, 5) is 4.74. The first-order valence-corrected chi connectivity index (χ1v) is 7.06. The van der Waals surface area contributed by atoms with Crippen molar-refractivity contribution in [3.8, 4) is 11.3 Å². The van der Waals surface area contributed by atoms with Gasteiger partial charge in [0, 0.05) is 22.4 Å². The smallest absolute Gasteiger partial charge is 0.140 e. The first-order chi connectivity index (χ1) is 9.04. The Bertz CT molecular complexity index is 772. The Morgan fingerprint density at radius 1 is 0.947 bits per heavy atom. The number of imidazole rings is 1. The van der Waals surface area contributed by atoms with Crippen molar-refractivity contribution in [2.24, 2.45) is 0 Å². The highest BCUT2D eigenvalue weighted by atomic mass is 79.9. The van der Waals surface area contributed by atoms with Gasteiger partial charge in [-0.3, -0.25) is 0 Å². The summed E-state index contributed by atoms with van der Waals surface area (Å²) >= 11 is 3.52. The van der Waals surface area contributed by atoms with E-state index in [1.807, 2.05) is 6.20 Å². The minimum absolute atomic E-state index is 1.01. The van der Waals surface area contributed by atoms with Crippen LogP contribution in [0.5, 0.6) is 0 Å². The average Bonchev–Trinajstić information content (AvgIpc) is 2.76. The fourth-order valence-electron chi connectivity index (χ4n) is 2.27. The van der Waals surface area contributed by atoms with E-state index in [-0.39, 0.29) is 0 Å². The van der Waals surface area contributed by atoms with E-state index < -0.39 is 0 Å². The summed E-state index contributed by atoms with van der Waals surface area (Å²) in [6, 6.07) is 8.57. The van der Waals surface area contributed by atoms with Crippen molar-refractivity contribution in [3.63, 3.8) is 0 Å². The number of hydrogen-bond donors (Lipinski definition) is 0. The molecular weight excluding hydrogens is 300 g/mol. The fourth-order valence-corrected chi connectivity index (χ4v) is 2.83. The van der Waals surface area contributed by atoms with Crippen LogP contribution in [0.1, 0.15) is 16.7 Å². The molecule has 1 aromatic carbocycles. The van der Waals surface area contributed by atoms with Gasteiger partial charge in [-0.15, -0.1) is 0 Å². The largest absolute Gasteiger partial charge is 0.305 e. The number of pyridine rings is 1. The summed E-state index contributed by atoms with van der Waals surface area (Å²) in [5, 5.41) is 0. The van der Waals surface area contributed by atoms with E-state index in [0.717, 1.165) is 15.8 Å². The highest BCUT2D eigenvalue weighted by Crippen LogP contribution is 2.24. The molecule has 0 aliphatic rings. The zero-order valence-corrected chi connectivity index (χ0v) is 12.8. The third-order valence-corrected chi connectivity index (χ3v) is 3.94. The molecule has 3 rings (SSSR count). The quantitative estimate of drug-likeness (QED) is 0.637. The van der Waals surface area contributed by atoms with Gasteiger partial charge in [-0.05, 0) is 65.5 Å². The van der Waals surface area contributed by atoms with Crippen molar-refractivity contribution in [1.29, 1.82) is 0 Å². The zero-order valence-electron chi connectivity index (χ0n) is 11.2. The van der Waals surface area contributed by atoms with Crippen molar-refractivity contribution in [2.45, 2.75) is 20.8 Å². The number of fused-ring (bicyclic) bond motifs is 1. The molecule has 19 heavy (non-hydrogen) atoms. The number of nitrogens with zero attached hydrogens (tertiary/aromatic N) is 2. The molecule has 3 heteroatoms. The molecule has 0 fully saturated rings. The number of hydrogen-bond acceptors (Lipinski definition) is 1. The zero-order chi connectivity index (χ0) is 13.6. The predicted molar refractivity (Wildman–Crippen MR) is 82.5 cm³/mol. The Morgan fingerprint density at radius 2 is 1.74 bits per heavy atom. The first-order valence-electron chi connectivity index (χ1n) is 6.27. The molecule has 3 aromatic rings. The molecule has 0 spiro atoms. The molecule has 0 N–H and O–H groups in total. The molecule has 0 aliphatic heterocycles. The maximum Gasteiger partial charge on any atom is 0.140 e. The third kappa shape index (κ3) is 2.19. The van der Waals surface area contributed by atoms with Crippen LogP contribution in [0.25, 0.3) is 16.9 Å². The summed E-state index contributed by atoms with van der Waals surface area (Å²) in [7, 11) is 0. The molecule has 2 heterocycles. The Balaban J connectivity index is 2.20. The van der Waals surface area contributed by atoms with Crippen LogP contribution in [0.4, 0.5) is 0 Å². The SMILES string of the molecule is Cc1ccc(-c2cn3cc(Br)cc(C)c3n2)cc1C. The van der Waals surface area contributed by atoms with Gasteiger partial charge >= 0.3 is 0 Å². The summed E-state index contributed by atoms with van der Waals surface area (Å²) in [5.41, 5.74) is 6.98. The van der Waals surface area contributed by atoms with Crippen molar-refractivity contribution < 1.29 is 0 Å². The predicted octanol–water partition coefficient (Wildman–Crippen LogP) is 4.69. The molecule has 0 amide bonds. The highest BCUT2D eigenvalue weighted by Gasteiger charge is 2.07. The van der Waals surface area contributed by atoms with Crippen LogP contribution in [0.2, 0.25) is 0 Å². The van der Waals surface area contributed by atoms with Gasteiger partial charge in [-0.25, -0.2) is 4.98 Å². The van der Waals surface area contributed by atoms with Gasteiger partial charge in [0.05, 0.1) is 5.69 Å². The Hall–Kier alpha value is -1.61. The Labute approximate surface area is 121 Å². The summed E-state index contributed by atoms with van der Waals surface area (Å²) in [6.45, 7) is 6.35. The number of halogens is 1. The lowest BCUT2D eigenvalue weighted by Crippen LogP contribution is -1.86. The number of benzene rings is 1. The van der Waals surface area contributed by atoms with E-state index in [4.69, 9.17) is 4.98 Å². The van der Waals surface area contributed by atoms with Gasteiger partial charge < -0.3 is 4.40 Å². The molecule has 0 unspecified atom stereocenters. The standard InChI is InChI=1S/C16H15BrN2/c1-10-4-5-13(6-11(10)2)15-9-19-8-14(17)7-12(3)16(19)18-15/h4-9H,1-3H3. The van der Waals surface area contributed by atoms with Crippen LogP contribution in [0.3, 0.4) is 0 Å². The highest BCUT2D eigenvalue weighted by molar-refractivity contribution is 9.10. The minimum atomic E-state index is 1.01. The molecule has 2 aromatic heterocycles. The Morgan fingerprint density at radius 3 is 2.47 bits per heavy atom. The van der Waals surface area contributed by atoms with E-state index in [1.165, 1.54) is 22.3 Å². The lowest BCUT2D eigenvalue weighted by molar-refractivity contribution is 1.15. The fraction of sp³-hybridized carbons (Fsp3) is 0.188. The Kier molecular flexibility index (Phi) is 2.94. The number of aryl methyl sites for hydroxylation is 3. The molecule has 0 bridgehead atoms. The normalized spacial score (nSPS) is 11.2. The second kappa shape index (κ2) is 4.49. The molecule has 0 saturated carbocycles. The molecule has 0 aliphatic carbocycles. The second-order valence-corrected chi connectivity index (χ2v) is 5.91. The van der Waals surface area contributed by atoms with Gasteiger partial charge in [0.2, 0.25) is 0 Å². The van der Waals surface area contributed by atoms with Crippen molar-refractivity contribution in [3.05, 3.63) is 57.8 Å². The van der Waals surface area contributed by atoms with Gasteiger partial charge in [0.1, 0.15) is 5.65 Å². The second-order valence-electron chi connectivity index (χ2n) is 5.00. The van der Waals surface area contributed by atoms with Crippen LogP contribution >= 0.6 is 15.9 Å². The third-order valence-electron chi connectivity index (χ3n) is 3.50. The molecule has 0 radical (unpaired) electrons. The molecule has 0 saturated heterocycles. The monoisotopic (exact) mass is 314 g/mol. The lowest BCUT2D eigenvalue weighted by atomic mass is 10.1. The van der Waals surface area contributed by atoms with Crippen LogP contribution in [-0.4, -0.2) is 9.38 Å². The molecule has 96 valence electrons. The number of aromatic nitrogens is 2. The van der Waals surface area contributed by atoms with E-state index in [1.54, 1.807) is 0 Å². The molecular formula is C16H15BrN2. The van der Waals surface area contributed by atoms with Gasteiger partial charge in [-0.1, -0.05) is 12.1 Å². The topological polar surface area (TPSA) is 17.3 Å². The summed E-state index contributed by atoms with van der Waals surface area (Å²) in [6.07, 6.45) is 4.12. The number of rotatable bonds is 1. The van der Waals surface area contributed by atoms with Gasteiger partial charge in [0.25, 0.3) is 0 Å². The minimum Gasteiger partial charge on any atom is -0.305 e. The van der Waals surface area contributed by atoms with E-state index in [0.29, 0.717) is 0 Å². The van der Waals surface area contributed by atoms with Crippen LogP contribution in [0, 0.1) is 20.8 Å². The summed E-state index contributed by atoms with van der Waals surface area (Å²) in [5.74, 6) is 0. The van der Waals surface area contributed by atoms with Crippen LogP contribution in [0.15, 0.2) is 41.1 Å². The van der Waals surface area contributed by atoms with Gasteiger partial charge in [-0.2, -0.15) is 0 Å². The average molecular weight is 315 g/mol. The van der Waals surface area contributed by atoms with Crippen LogP contribution in [-0.2, 0) is 0 Å². The van der Waals surface area contributed by atoms with Crippen molar-refractivity contribution >= 4 is 21.6 Å². The maximum absolute atomic E-state index is 4.74. The van der Waals surface area contributed by atoms with E-state index in [2.05, 4.69) is 71.6 Å². The van der Waals surface area contributed by atoms with Crippen molar-refractivity contribution in [2.75, 3.05) is 0 Å².